The average Bonchev–Trinajstić information content (AvgIpc) is 3.24. The van der Waals surface area contributed by atoms with Crippen molar-refractivity contribution in [3.8, 4) is 11.5 Å². The highest BCUT2D eigenvalue weighted by Crippen LogP contribution is 2.36. The molecule has 0 atom stereocenters. The first kappa shape index (κ1) is 18.2. The van der Waals surface area contributed by atoms with Crippen LogP contribution in [-0.2, 0) is 13.7 Å². The van der Waals surface area contributed by atoms with Gasteiger partial charge in [-0.05, 0) is 30.3 Å². The minimum Gasteiger partial charge on any atom is -0.489 e. The molecule has 0 aliphatic carbocycles. The van der Waals surface area contributed by atoms with E-state index in [-0.39, 0.29) is 24.0 Å². The van der Waals surface area contributed by atoms with Gasteiger partial charge in [-0.3, -0.25) is 4.79 Å². The number of ketones is 1. The normalized spacial score (nSPS) is 14.2. The Hall–Kier alpha value is -3.86. The predicted molar refractivity (Wildman–Crippen MR) is 113 cm³/mol. The van der Waals surface area contributed by atoms with Gasteiger partial charge in [-0.1, -0.05) is 36.4 Å². The molecule has 0 amide bonds. The largest absolute Gasteiger partial charge is 0.489 e. The lowest BCUT2D eigenvalue weighted by Crippen LogP contribution is -1.98. The van der Waals surface area contributed by atoms with Gasteiger partial charge in [0.2, 0.25) is 5.78 Å². The monoisotopic (exact) mass is 399 g/mol. The zero-order valence-corrected chi connectivity index (χ0v) is 16.3. The second-order valence-electron chi connectivity index (χ2n) is 7.19. The molecule has 0 bridgehead atoms. The Morgan fingerprint density at radius 1 is 1.07 bits per heavy atom. The summed E-state index contributed by atoms with van der Waals surface area (Å²) in [7, 11) is 1.97. The molecule has 0 fully saturated rings. The van der Waals surface area contributed by atoms with Crippen LogP contribution in [0.2, 0.25) is 0 Å². The molecule has 1 aliphatic rings. The van der Waals surface area contributed by atoms with Gasteiger partial charge >= 0.3 is 0 Å². The molecule has 4 nitrogen and oxygen atoms in total. The maximum atomic E-state index is 13.8. The van der Waals surface area contributed by atoms with Crippen LogP contribution in [0.3, 0.4) is 0 Å². The summed E-state index contributed by atoms with van der Waals surface area (Å²) in [6.07, 6.45) is 3.74. The Kier molecular flexibility index (Phi) is 4.36. The number of rotatable bonds is 4. The number of Topliss-reactive ketones (excluding diaryl/α,β-unsaturated/α-hetero) is 1. The third kappa shape index (κ3) is 3.14. The summed E-state index contributed by atoms with van der Waals surface area (Å²) in [5.41, 5.74) is 2.95. The molecule has 0 unspecified atom stereocenters. The number of benzene rings is 3. The molecule has 1 aromatic heterocycles. The SMILES string of the molecule is Cn1cc(C=C2Oc3cc(OCc4ccccc4F)ccc3C2=O)c2ccccc21. The molecule has 0 radical (unpaired) electrons. The molecule has 0 saturated carbocycles. The molecule has 1 aliphatic heterocycles. The molecular formula is C25H18FNO3. The van der Waals surface area contributed by atoms with Crippen molar-refractivity contribution < 1.29 is 18.7 Å². The molecular weight excluding hydrogens is 381 g/mol. The topological polar surface area (TPSA) is 40.5 Å². The average molecular weight is 399 g/mol. The predicted octanol–water partition coefficient (Wildman–Crippen LogP) is 5.51. The van der Waals surface area contributed by atoms with Gasteiger partial charge in [0.05, 0.1) is 5.56 Å². The number of carbonyl (C=O) groups is 1. The zero-order valence-electron chi connectivity index (χ0n) is 16.3. The van der Waals surface area contributed by atoms with Crippen LogP contribution in [0, 0.1) is 5.82 Å². The fourth-order valence-corrected chi connectivity index (χ4v) is 3.66. The van der Waals surface area contributed by atoms with Crippen molar-refractivity contribution in [3.05, 3.63) is 101 Å². The van der Waals surface area contributed by atoms with E-state index in [1.54, 1.807) is 42.5 Å². The van der Waals surface area contributed by atoms with E-state index >= 15 is 0 Å². The van der Waals surface area contributed by atoms with Crippen molar-refractivity contribution in [2.45, 2.75) is 6.61 Å². The highest BCUT2D eigenvalue weighted by atomic mass is 19.1. The number of ether oxygens (including phenoxy) is 2. The number of hydrogen-bond acceptors (Lipinski definition) is 3. The van der Waals surface area contributed by atoms with Crippen molar-refractivity contribution in [2.24, 2.45) is 7.05 Å². The lowest BCUT2D eigenvalue weighted by Gasteiger charge is -2.08. The summed E-state index contributed by atoms with van der Waals surface area (Å²) in [6.45, 7) is 0.0953. The van der Waals surface area contributed by atoms with E-state index in [1.165, 1.54) is 6.07 Å². The molecule has 0 spiro atoms. The van der Waals surface area contributed by atoms with E-state index in [2.05, 4.69) is 0 Å². The standard InChI is InChI=1S/C25H18FNO3/c1-27-14-17(19-7-3-5-9-22(19)27)12-24-25(28)20-11-10-18(13-23(20)30-24)29-15-16-6-2-4-8-21(16)26/h2-14H,15H2,1H3. The number of carbonyl (C=O) groups excluding carboxylic acids is 1. The van der Waals surface area contributed by atoms with Crippen molar-refractivity contribution in [3.63, 3.8) is 0 Å². The molecule has 0 saturated heterocycles. The maximum absolute atomic E-state index is 13.8. The van der Waals surface area contributed by atoms with Gasteiger partial charge in [0.25, 0.3) is 0 Å². The fraction of sp³-hybridized carbons (Fsp3) is 0.0800. The van der Waals surface area contributed by atoms with Gasteiger partial charge in [0.1, 0.15) is 23.9 Å². The van der Waals surface area contributed by atoms with E-state index in [4.69, 9.17) is 9.47 Å². The van der Waals surface area contributed by atoms with Crippen LogP contribution in [0.5, 0.6) is 11.5 Å². The second-order valence-corrected chi connectivity index (χ2v) is 7.19. The van der Waals surface area contributed by atoms with Crippen molar-refractivity contribution in [2.75, 3.05) is 0 Å². The van der Waals surface area contributed by atoms with E-state index in [0.717, 1.165) is 16.5 Å². The van der Waals surface area contributed by atoms with Crippen molar-refractivity contribution in [1.29, 1.82) is 0 Å². The quantitative estimate of drug-likeness (QED) is 0.425. The van der Waals surface area contributed by atoms with Crippen LogP contribution < -0.4 is 9.47 Å². The molecule has 3 aromatic carbocycles. The summed E-state index contributed by atoms with van der Waals surface area (Å²) in [5, 5.41) is 1.05. The number of fused-ring (bicyclic) bond motifs is 2. The molecule has 4 aromatic rings. The van der Waals surface area contributed by atoms with Crippen LogP contribution in [0.1, 0.15) is 21.5 Å². The van der Waals surface area contributed by atoms with E-state index in [0.29, 0.717) is 22.6 Å². The smallest absolute Gasteiger partial charge is 0.231 e. The highest BCUT2D eigenvalue weighted by Gasteiger charge is 2.28. The Balaban J connectivity index is 1.40. The minimum absolute atomic E-state index is 0.0953. The van der Waals surface area contributed by atoms with Gasteiger partial charge in [-0.15, -0.1) is 0 Å². The molecule has 5 rings (SSSR count). The zero-order chi connectivity index (χ0) is 20.7. The summed E-state index contributed by atoms with van der Waals surface area (Å²) >= 11 is 0. The van der Waals surface area contributed by atoms with Gasteiger partial charge in [0, 0.05) is 41.3 Å². The Bertz CT molecular complexity index is 1320. The Labute approximate surface area is 172 Å². The number of para-hydroxylation sites is 1. The Morgan fingerprint density at radius 3 is 2.73 bits per heavy atom. The first-order valence-corrected chi connectivity index (χ1v) is 9.59. The number of allylic oxidation sites excluding steroid dienone is 1. The third-order valence-corrected chi connectivity index (χ3v) is 5.21. The van der Waals surface area contributed by atoms with Gasteiger partial charge in [0.15, 0.2) is 5.76 Å². The molecule has 30 heavy (non-hydrogen) atoms. The number of aryl methyl sites for hydroxylation is 1. The van der Waals surface area contributed by atoms with E-state index < -0.39 is 0 Å². The van der Waals surface area contributed by atoms with Gasteiger partial charge in [-0.2, -0.15) is 0 Å². The second kappa shape index (κ2) is 7.19. The highest BCUT2D eigenvalue weighted by molar-refractivity contribution is 6.15. The van der Waals surface area contributed by atoms with Crippen LogP contribution in [0.4, 0.5) is 4.39 Å². The Morgan fingerprint density at radius 2 is 1.87 bits per heavy atom. The van der Waals surface area contributed by atoms with E-state index in [9.17, 15) is 9.18 Å². The lowest BCUT2D eigenvalue weighted by atomic mass is 10.1. The summed E-state index contributed by atoms with van der Waals surface area (Å²) in [6, 6.07) is 19.5. The van der Waals surface area contributed by atoms with Gasteiger partial charge < -0.3 is 14.0 Å². The summed E-state index contributed by atoms with van der Waals surface area (Å²) < 4.78 is 27.3. The van der Waals surface area contributed by atoms with Crippen LogP contribution >= 0.6 is 0 Å². The lowest BCUT2D eigenvalue weighted by molar-refractivity contribution is 0.101. The number of aromatic nitrogens is 1. The first-order chi connectivity index (χ1) is 14.6. The number of hydrogen-bond donors (Lipinski definition) is 0. The molecule has 0 N–H and O–H groups in total. The molecule has 148 valence electrons. The van der Waals surface area contributed by atoms with Crippen LogP contribution in [0.15, 0.2) is 78.7 Å². The minimum atomic E-state index is -0.314. The van der Waals surface area contributed by atoms with Crippen molar-refractivity contribution in [1.82, 2.24) is 4.57 Å². The number of nitrogens with zero attached hydrogens (tertiary/aromatic N) is 1. The maximum Gasteiger partial charge on any atom is 0.231 e. The third-order valence-electron chi connectivity index (χ3n) is 5.21. The first-order valence-electron chi connectivity index (χ1n) is 9.59. The van der Waals surface area contributed by atoms with Crippen LogP contribution in [-0.4, -0.2) is 10.4 Å². The number of halogens is 1. The molecule has 2 heterocycles. The molecule has 5 heteroatoms. The van der Waals surface area contributed by atoms with Crippen LogP contribution in [0.25, 0.3) is 17.0 Å². The van der Waals surface area contributed by atoms with Crippen molar-refractivity contribution >= 4 is 22.8 Å². The van der Waals surface area contributed by atoms with Gasteiger partial charge in [-0.25, -0.2) is 4.39 Å². The summed E-state index contributed by atoms with van der Waals surface area (Å²) in [4.78, 5) is 12.8. The van der Waals surface area contributed by atoms with E-state index in [1.807, 2.05) is 42.1 Å². The fourth-order valence-electron chi connectivity index (χ4n) is 3.66. The summed E-state index contributed by atoms with van der Waals surface area (Å²) in [5.74, 6) is 0.741.